The lowest BCUT2D eigenvalue weighted by Gasteiger charge is -2.15. The number of benzene rings is 1. The highest BCUT2D eigenvalue weighted by molar-refractivity contribution is 5.82. The van der Waals surface area contributed by atoms with Gasteiger partial charge in [0.15, 0.2) is 0 Å². The van der Waals surface area contributed by atoms with Crippen LogP contribution in [0, 0.1) is 6.92 Å². The summed E-state index contributed by atoms with van der Waals surface area (Å²) in [5.41, 5.74) is 3.49. The molecule has 1 saturated carbocycles. The van der Waals surface area contributed by atoms with Crippen LogP contribution in [0.2, 0.25) is 0 Å². The number of aryl methyl sites for hydroxylation is 2. The lowest BCUT2D eigenvalue weighted by Crippen LogP contribution is -2.35. The molecule has 1 aliphatic rings. The molecule has 1 N–H and O–H groups in total. The first-order valence-electron chi connectivity index (χ1n) is 9.22. The van der Waals surface area contributed by atoms with Gasteiger partial charge in [0.1, 0.15) is 6.54 Å². The number of nitrogens with one attached hydrogen (secondary N) is 1. The van der Waals surface area contributed by atoms with Crippen LogP contribution in [-0.4, -0.2) is 25.5 Å². The summed E-state index contributed by atoms with van der Waals surface area (Å²) in [7, 11) is 1.82. The Balaban J connectivity index is 1.55. The van der Waals surface area contributed by atoms with Gasteiger partial charge < -0.3 is 5.32 Å². The van der Waals surface area contributed by atoms with Crippen molar-refractivity contribution < 1.29 is 4.79 Å². The second-order valence-electron chi connectivity index (χ2n) is 7.35. The highest BCUT2D eigenvalue weighted by Gasteiger charge is 2.30. The van der Waals surface area contributed by atoms with Gasteiger partial charge in [0.05, 0.1) is 28.8 Å². The van der Waals surface area contributed by atoms with Gasteiger partial charge in [-0.2, -0.15) is 10.2 Å². The van der Waals surface area contributed by atoms with Crippen LogP contribution in [-0.2, 0) is 18.4 Å². The molecular weight excluding hydrogens is 342 g/mol. The highest BCUT2D eigenvalue weighted by atomic mass is 16.2. The summed E-state index contributed by atoms with van der Waals surface area (Å²) < 4.78 is 2.92. The third-order valence-corrected chi connectivity index (χ3v) is 5.10. The number of rotatable bonds is 5. The monoisotopic (exact) mass is 365 g/mol. The number of carbonyl (C=O) groups excluding carboxylic acids is 1. The van der Waals surface area contributed by atoms with Crippen molar-refractivity contribution in [1.29, 1.82) is 0 Å². The standard InChI is InChI=1S/C20H23N5O2/c1-12-4-6-14(7-5-12)13(2)22-17(26)11-25-20(27)18-16(10-21-25)24(3)23-19(18)15-8-9-15/h4-7,10,13,15H,8-9,11H2,1-3H3,(H,22,26)/t13-/m0/s1. The summed E-state index contributed by atoms with van der Waals surface area (Å²) in [5, 5.41) is 12.2. The van der Waals surface area contributed by atoms with Crippen molar-refractivity contribution in [1.82, 2.24) is 24.9 Å². The number of aromatic nitrogens is 4. The Kier molecular flexibility index (Phi) is 4.30. The van der Waals surface area contributed by atoms with E-state index in [4.69, 9.17) is 0 Å². The Labute approximate surface area is 157 Å². The summed E-state index contributed by atoms with van der Waals surface area (Å²) in [6, 6.07) is 7.88. The van der Waals surface area contributed by atoms with Crippen molar-refractivity contribution in [2.24, 2.45) is 7.05 Å². The Morgan fingerprint density at radius 2 is 2.00 bits per heavy atom. The first-order valence-corrected chi connectivity index (χ1v) is 9.22. The van der Waals surface area contributed by atoms with Crippen molar-refractivity contribution in [3.8, 4) is 0 Å². The molecule has 0 unspecified atom stereocenters. The largest absolute Gasteiger partial charge is 0.348 e. The van der Waals surface area contributed by atoms with E-state index < -0.39 is 0 Å². The lowest BCUT2D eigenvalue weighted by molar-refractivity contribution is -0.122. The van der Waals surface area contributed by atoms with E-state index >= 15 is 0 Å². The number of carbonyl (C=O) groups is 1. The summed E-state index contributed by atoms with van der Waals surface area (Å²) in [4.78, 5) is 25.3. The van der Waals surface area contributed by atoms with E-state index in [1.165, 1.54) is 10.2 Å². The van der Waals surface area contributed by atoms with E-state index in [1.54, 1.807) is 10.9 Å². The van der Waals surface area contributed by atoms with E-state index in [0.29, 0.717) is 16.8 Å². The first kappa shape index (κ1) is 17.5. The zero-order chi connectivity index (χ0) is 19.1. The molecule has 7 nitrogen and oxygen atoms in total. The summed E-state index contributed by atoms with van der Waals surface area (Å²) >= 11 is 0. The molecule has 1 fully saturated rings. The number of hydrogen-bond donors (Lipinski definition) is 1. The van der Waals surface area contributed by atoms with Gasteiger partial charge in [0.25, 0.3) is 5.56 Å². The van der Waals surface area contributed by atoms with Crippen LogP contribution < -0.4 is 10.9 Å². The molecule has 0 spiro atoms. The van der Waals surface area contributed by atoms with E-state index in [-0.39, 0.29) is 24.1 Å². The van der Waals surface area contributed by atoms with Gasteiger partial charge in [0, 0.05) is 13.0 Å². The third kappa shape index (κ3) is 3.37. The van der Waals surface area contributed by atoms with Crippen LogP contribution >= 0.6 is 0 Å². The first-order chi connectivity index (χ1) is 12.9. The normalized spacial score (nSPS) is 15.1. The average molecular weight is 365 g/mol. The van der Waals surface area contributed by atoms with E-state index in [0.717, 1.165) is 24.1 Å². The van der Waals surface area contributed by atoms with E-state index in [1.807, 2.05) is 45.2 Å². The van der Waals surface area contributed by atoms with Crippen molar-refractivity contribution in [2.45, 2.75) is 45.2 Å². The second-order valence-corrected chi connectivity index (χ2v) is 7.35. The molecule has 0 radical (unpaired) electrons. The Hall–Kier alpha value is -2.96. The number of nitrogens with zero attached hydrogens (tertiary/aromatic N) is 4. The van der Waals surface area contributed by atoms with Gasteiger partial charge in [-0.05, 0) is 32.3 Å². The van der Waals surface area contributed by atoms with Gasteiger partial charge in [-0.1, -0.05) is 29.8 Å². The van der Waals surface area contributed by atoms with Gasteiger partial charge in [-0.25, -0.2) is 4.68 Å². The molecule has 27 heavy (non-hydrogen) atoms. The molecule has 4 rings (SSSR count). The topological polar surface area (TPSA) is 81.8 Å². The van der Waals surface area contributed by atoms with E-state index in [9.17, 15) is 9.59 Å². The molecule has 0 aliphatic heterocycles. The third-order valence-electron chi connectivity index (χ3n) is 5.10. The molecule has 2 heterocycles. The molecule has 3 aromatic rings. The average Bonchev–Trinajstić information content (AvgIpc) is 3.42. The van der Waals surface area contributed by atoms with Crippen LogP contribution in [0.4, 0.5) is 0 Å². The minimum absolute atomic E-state index is 0.107. The maximum Gasteiger partial charge on any atom is 0.278 e. The van der Waals surface area contributed by atoms with Crippen molar-refractivity contribution in [3.63, 3.8) is 0 Å². The maximum absolute atomic E-state index is 12.9. The molecule has 2 aromatic heterocycles. The van der Waals surface area contributed by atoms with Gasteiger partial charge >= 0.3 is 0 Å². The summed E-state index contributed by atoms with van der Waals surface area (Å²) in [5.74, 6) is 0.113. The van der Waals surface area contributed by atoms with Gasteiger partial charge in [0.2, 0.25) is 5.91 Å². The molecule has 0 bridgehead atoms. The van der Waals surface area contributed by atoms with Crippen LogP contribution in [0.5, 0.6) is 0 Å². The molecule has 1 aliphatic carbocycles. The number of hydrogen-bond acceptors (Lipinski definition) is 4. The molecule has 1 amide bonds. The molecule has 0 saturated heterocycles. The van der Waals surface area contributed by atoms with Gasteiger partial charge in [-0.3, -0.25) is 14.3 Å². The minimum Gasteiger partial charge on any atom is -0.348 e. The maximum atomic E-state index is 12.9. The fourth-order valence-electron chi connectivity index (χ4n) is 3.35. The fraction of sp³-hybridized carbons (Fsp3) is 0.400. The van der Waals surface area contributed by atoms with Crippen LogP contribution in [0.3, 0.4) is 0 Å². The van der Waals surface area contributed by atoms with Crippen LogP contribution in [0.1, 0.15) is 48.5 Å². The quantitative estimate of drug-likeness (QED) is 0.751. The summed E-state index contributed by atoms with van der Waals surface area (Å²) in [6.07, 6.45) is 3.73. The van der Waals surface area contributed by atoms with Crippen LogP contribution in [0.15, 0.2) is 35.3 Å². The zero-order valence-corrected chi connectivity index (χ0v) is 15.8. The molecule has 140 valence electrons. The Morgan fingerprint density at radius 3 is 2.67 bits per heavy atom. The molecular formula is C20H23N5O2. The molecule has 1 aromatic carbocycles. The molecule has 7 heteroatoms. The van der Waals surface area contributed by atoms with Crippen molar-refractivity contribution >= 4 is 16.8 Å². The summed E-state index contributed by atoms with van der Waals surface area (Å²) in [6.45, 7) is 3.84. The van der Waals surface area contributed by atoms with Crippen molar-refractivity contribution in [2.75, 3.05) is 0 Å². The number of fused-ring (bicyclic) bond motifs is 1. The Morgan fingerprint density at radius 1 is 1.30 bits per heavy atom. The number of amides is 1. The van der Waals surface area contributed by atoms with Crippen molar-refractivity contribution in [3.05, 3.63) is 57.6 Å². The molecule has 1 atom stereocenters. The Bertz CT molecular complexity index is 1060. The highest BCUT2D eigenvalue weighted by Crippen LogP contribution is 2.41. The SMILES string of the molecule is Cc1ccc([C@H](C)NC(=O)Cn2ncc3c(c(C4CC4)nn3C)c2=O)cc1. The zero-order valence-electron chi connectivity index (χ0n) is 15.8. The van der Waals surface area contributed by atoms with Crippen LogP contribution in [0.25, 0.3) is 10.9 Å². The minimum atomic E-state index is -0.249. The van der Waals surface area contributed by atoms with Gasteiger partial charge in [-0.15, -0.1) is 0 Å². The fourth-order valence-corrected chi connectivity index (χ4v) is 3.35. The second kappa shape index (κ2) is 6.64. The van der Waals surface area contributed by atoms with E-state index in [2.05, 4.69) is 15.5 Å². The predicted molar refractivity (Wildman–Crippen MR) is 102 cm³/mol. The predicted octanol–water partition coefficient (Wildman–Crippen LogP) is 2.19. The lowest BCUT2D eigenvalue weighted by atomic mass is 10.1. The smallest absolute Gasteiger partial charge is 0.278 e.